The summed E-state index contributed by atoms with van der Waals surface area (Å²) in [5.41, 5.74) is 8.04. The molecule has 21 heavy (non-hydrogen) atoms. The van der Waals surface area contributed by atoms with Crippen molar-refractivity contribution in [3.8, 4) is 11.5 Å². The molecule has 1 heterocycles. The van der Waals surface area contributed by atoms with Crippen molar-refractivity contribution in [2.45, 2.75) is 6.54 Å². The molecule has 0 unspecified atom stereocenters. The predicted molar refractivity (Wildman–Crippen MR) is 87.0 cm³/mol. The summed E-state index contributed by atoms with van der Waals surface area (Å²) in [4.78, 5) is 4.44. The predicted octanol–water partition coefficient (Wildman–Crippen LogP) is 2.35. The summed E-state index contributed by atoms with van der Waals surface area (Å²) < 4.78 is 10.5. The zero-order valence-electron chi connectivity index (χ0n) is 11.9. The molecule has 0 atom stereocenters. The first-order chi connectivity index (χ1) is 10.2. The third kappa shape index (κ3) is 3.61. The molecule has 0 saturated heterocycles. The highest BCUT2D eigenvalue weighted by atomic mass is 32.1. The van der Waals surface area contributed by atoms with Gasteiger partial charge in [0.25, 0.3) is 0 Å². The van der Waals surface area contributed by atoms with E-state index in [2.05, 4.69) is 10.3 Å². The third-order valence-corrected chi connectivity index (χ3v) is 3.20. The van der Waals surface area contributed by atoms with Crippen LogP contribution in [0.4, 0.5) is 5.69 Å². The zero-order valence-corrected chi connectivity index (χ0v) is 12.7. The number of thiocarbonyl (C=S) groups is 1. The van der Waals surface area contributed by atoms with Crippen molar-refractivity contribution in [3.63, 3.8) is 0 Å². The van der Waals surface area contributed by atoms with Crippen LogP contribution < -0.4 is 20.5 Å². The quantitative estimate of drug-likeness (QED) is 0.798. The molecule has 0 amide bonds. The summed E-state index contributed by atoms with van der Waals surface area (Å²) in [5, 5.41) is 3.27. The Morgan fingerprint density at radius 2 is 2.10 bits per heavy atom. The molecule has 6 heteroatoms. The zero-order chi connectivity index (χ0) is 15.2. The topological polar surface area (TPSA) is 69.4 Å². The van der Waals surface area contributed by atoms with E-state index >= 15 is 0 Å². The van der Waals surface area contributed by atoms with Gasteiger partial charge in [0.15, 0.2) is 0 Å². The van der Waals surface area contributed by atoms with Crippen molar-refractivity contribution in [1.82, 2.24) is 4.98 Å². The van der Waals surface area contributed by atoms with Crippen LogP contribution in [0.3, 0.4) is 0 Å². The lowest BCUT2D eigenvalue weighted by Gasteiger charge is -2.13. The summed E-state index contributed by atoms with van der Waals surface area (Å²) in [6.07, 6.45) is 1.66. The van der Waals surface area contributed by atoms with Gasteiger partial charge in [0, 0.05) is 24.4 Å². The van der Waals surface area contributed by atoms with Crippen LogP contribution in [-0.4, -0.2) is 24.2 Å². The Hall–Kier alpha value is -2.34. The number of nitrogens with one attached hydrogen (secondary N) is 1. The molecule has 1 aromatic carbocycles. The van der Waals surface area contributed by atoms with Gasteiger partial charge in [0.1, 0.15) is 22.2 Å². The lowest BCUT2D eigenvalue weighted by Crippen LogP contribution is -2.15. The Kier molecular flexibility index (Phi) is 4.94. The van der Waals surface area contributed by atoms with E-state index in [1.807, 2.05) is 30.3 Å². The first-order valence-corrected chi connectivity index (χ1v) is 6.76. The van der Waals surface area contributed by atoms with Crippen molar-refractivity contribution in [2.75, 3.05) is 19.5 Å². The average molecular weight is 303 g/mol. The lowest BCUT2D eigenvalue weighted by molar-refractivity contribution is 0.391. The van der Waals surface area contributed by atoms with Crippen LogP contribution in [0.2, 0.25) is 0 Å². The monoisotopic (exact) mass is 303 g/mol. The van der Waals surface area contributed by atoms with Crippen LogP contribution >= 0.6 is 12.2 Å². The van der Waals surface area contributed by atoms with Gasteiger partial charge in [-0.15, -0.1) is 0 Å². The van der Waals surface area contributed by atoms with Crippen LogP contribution in [0.1, 0.15) is 11.3 Å². The Labute approximate surface area is 129 Å². The van der Waals surface area contributed by atoms with Crippen LogP contribution in [-0.2, 0) is 6.54 Å². The van der Waals surface area contributed by atoms with Crippen LogP contribution in [0.15, 0.2) is 36.5 Å². The second-order valence-corrected chi connectivity index (χ2v) is 4.73. The van der Waals surface area contributed by atoms with E-state index in [-0.39, 0.29) is 4.99 Å². The van der Waals surface area contributed by atoms with Crippen molar-refractivity contribution < 1.29 is 9.47 Å². The number of hydrogen-bond donors (Lipinski definition) is 2. The van der Waals surface area contributed by atoms with Gasteiger partial charge < -0.3 is 20.5 Å². The fraction of sp³-hybridized carbons (Fsp3) is 0.200. The molecule has 110 valence electrons. The molecule has 0 radical (unpaired) electrons. The van der Waals surface area contributed by atoms with Crippen LogP contribution in [0.25, 0.3) is 0 Å². The summed E-state index contributed by atoms with van der Waals surface area (Å²) in [5.74, 6) is 1.50. The van der Waals surface area contributed by atoms with Crippen LogP contribution in [0, 0.1) is 0 Å². The van der Waals surface area contributed by atoms with Crippen molar-refractivity contribution >= 4 is 22.9 Å². The molecule has 0 bridgehead atoms. The second kappa shape index (κ2) is 6.90. The fourth-order valence-electron chi connectivity index (χ4n) is 1.93. The number of rotatable bonds is 6. The summed E-state index contributed by atoms with van der Waals surface area (Å²) >= 11 is 5.00. The SMILES string of the molecule is COc1ccc(CNc2cccnc2C(N)=S)c(OC)c1. The van der Waals surface area contributed by atoms with Gasteiger partial charge in [0.2, 0.25) is 0 Å². The van der Waals surface area contributed by atoms with Crippen LogP contribution in [0.5, 0.6) is 11.5 Å². The average Bonchev–Trinajstić information content (AvgIpc) is 2.52. The van der Waals surface area contributed by atoms with Crippen molar-refractivity contribution in [1.29, 1.82) is 0 Å². The number of methoxy groups -OCH3 is 2. The second-order valence-electron chi connectivity index (χ2n) is 4.30. The fourth-order valence-corrected chi connectivity index (χ4v) is 2.10. The maximum atomic E-state index is 5.67. The molecule has 2 rings (SSSR count). The molecule has 0 aliphatic carbocycles. The molecule has 3 N–H and O–H groups in total. The first-order valence-electron chi connectivity index (χ1n) is 6.35. The van der Waals surface area contributed by atoms with Crippen molar-refractivity contribution in [3.05, 3.63) is 47.8 Å². The number of pyridine rings is 1. The maximum Gasteiger partial charge on any atom is 0.127 e. The molecular weight excluding hydrogens is 286 g/mol. The number of aromatic nitrogens is 1. The highest BCUT2D eigenvalue weighted by Gasteiger charge is 2.08. The van der Waals surface area contributed by atoms with Gasteiger partial charge in [0.05, 0.1) is 19.9 Å². The van der Waals surface area contributed by atoms with E-state index in [0.29, 0.717) is 12.2 Å². The lowest BCUT2D eigenvalue weighted by atomic mass is 10.1. The third-order valence-electron chi connectivity index (χ3n) is 3.00. The Morgan fingerprint density at radius 1 is 1.29 bits per heavy atom. The normalized spacial score (nSPS) is 10.0. The summed E-state index contributed by atoms with van der Waals surface area (Å²) in [6, 6.07) is 9.39. The number of ether oxygens (including phenoxy) is 2. The Bertz CT molecular complexity index is 647. The summed E-state index contributed by atoms with van der Waals surface area (Å²) in [7, 11) is 3.25. The van der Waals surface area contributed by atoms with E-state index < -0.39 is 0 Å². The largest absolute Gasteiger partial charge is 0.497 e. The first kappa shape index (κ1) is 15.1. The molecule has 0 saturated carbocycles. The van der Waals surface area contributed by atoms with Crippen molar-refractivity contribution in [2.24, 2.45) is 5.73 Å². The number of hydrogen-bond acceptors (Lipinski definition) is 5. The smallest absolute Gasteiger partial charge is 0.127 e. The highest BCUT2D eigenvalue weighted by Crippen LogP contribution is 2.25. The number of nitrogens with two attached hydrogens (primary N) is 1. The molecule has 2 aromatic rings. The molecule has 0 aliphatic rings. The Morgan fingerprint density at radius 3 is 2.76 bits per heavy atom. The molecular formula is C15H17N3O2S. The molecule has 1 aromatic heterocycles. The molecule has 0 spiro atoms. The number of nitrogens with zero attached hydrogens (tertiary/aromatic N) is 1. The van der Waals surface area contributed by atoms with Gasteiger partial charge in [-0.3, -0.25) is 4.98 Å². The standard InChI is InChI=1S/C15H17N3O2S/c1-19-11-6-5-10(13(8-11)20-2)9-18-12-4-3-7-17-14(12)15(16)21/h3-8,18H,9H2,1-2H3,(H2,16,21). The number of anilines is 1. The van der Waals surface area contributed by atoms with Gasteiger partial charge in [-0.1, -0.05) is 12.2 Å². The minimum atomic E-state index is 0.264. The number of benzene rings is 1. The minimum Gasteiger partial charge on any atom is -0.497 e. The van der Waals surface area contributed by atoms with E-state index in [9.17, 15) is 0 Å². The highest BCUT2D eigenvalue weighted by molar-refractivity contribution is 7.80. The summed E-state index contributed by atoms with van der Waals surface area (Å²) in [6.45, 7) is 0.564. The van der Waals surface area contributed by atoms with Gasteiger partial charge >= 0.3 is 0 Å². The van der Waals surface area contributed by atoms with Gasteiger partial charge in [-0.05, 0) is 24.3 Å². The molecule has 0 fully saturated rings. The maximum absolute atomic E-state index is 5.67. The molecule has 5 nitrogen and oxygen atoms in total. The Balaban J connectivity index is 2.19. The molecule has 0 aliphatic heterocycles. The van der Waals surface area contributed by atoms with E-state index in [1.54, 1.807) is 20.4 Å². The van der Waals surface area contributed by atoms with Gasteiger partial charge in [-0.2, -0.15) is 0 Å². The van der Waals surface area contributed by atoms with Gasteiger partial charge in [-0.25, -0.2) is 0 Å². The van der Waals surface area contributed by atoms with E-state index in [0.717, 1.165) is 22.7 Å². The van der Waals surface area contributed by atoms with E-state index in [4.69, 9.17) is 27.4 Å². The van der Waals surface area contributed by atoms with E-state index in [1.165, 1.54) is 0 Å². The minimum absolute atomic E-state index is 0.264.